The number of ether oxygens (including phenoxy) is 1. The van der Waals surface area contributed by atoms with E-state index >= 15 is 0 Å². The van der Waals surface area contributed by atoms with Gasteiger partial charge in [-0.1, -0.05) is 26.7 Å². The highest BCUT2D eigenvalue weighted by Gasteiger charge is 2.11. The third-order valence-corrected chi connectivity index (χ3v) is 2.93. The summed E-state index contributed by atoms with van der Waals surface area (Å²) in [5.41, 5.74) is 0. The molecule has 0 rings (SSSR count). The molecule has 0 aromatic rings. The fourth-order valence-corrected chi connectivity index (χ4v) is 1.79. The van der Waals surface area contributed by atoms with Crippen LogP contribution in [-0.4, -0.2) is 38.0 Å². The molecule has 1 atom stereocenters. The maximum atomic E-state index is 8.65. The molecule has 0 aliphatic rings. The van der Waals surface area contributed by atoms with Crippen molar-refractivity contribution < 1.29 is 9.84 Å². The van der Waals surface area contributed by atoms with E-state index in [0.717, 1.165) is 32.4 Å². The third-order valence-electron chi connectivity index (χ3n) is 2.93. The maximum Gasteiger partial charge on any atom is 0.0477 e. The summed E-state index contributed by atoms with van der Waals surface area (Å²) in [6.07, 6.45) is 5.59. The molecule has 0 radical (unpaired) electrons. The van der Waals surface area contributed by atoms with Crippen LogP contribution in [0, 0.1) is 5.92 Å². The molecule has 0 aliphatic heterocycles. The summed E-state index contributed by atoms with van der Waals surface area (Å²) in [6, 6.07) is 0.567. The van der Waals surface area contributed by atoms with Gasteiger partial charge in [-0.25, -0.2) is 0 Å². The van der Waals surface area contributed by atoms with Gasteiger partial charge in [-0.2, -0.15) is 0 Å². The zero-order valence-electron chi connectivity index (χ0n) is 11.2. The molecule has 0 aromatic heterocycles. The van der Waals surface area contributed by atoms with Gasteiger partial charge in [0.2, 0.25) is 0 Å². The Morgan fingerprint density at radius 3 is 2.38 bits per heavy atom. The van der Waals surface area contributed by atoms with Gasteiger partial charge in [0.25, 0.3) is 0 Å². The second-order valence-electron chi connectivity index (χ2n) is 4.72. The Bertz CT molecular complexity index is 140. The zero-order chi connectivity index (χ0) is 12.2. The number of rotatable bonds is 11. The molecule has 0 spiro atoms. The molecular formula is C13H29NO2. The van der Waals surface area contributed by atoms with Gasteiger partial charge < -0.3 is 15.2 Å². The van der Waals surface area contributed by atoms with Crippen LogP contribution in [0.3, 0.4) is 0 Å². The van der Waals surface area contributed by atoms with Crippen molar-refractivity contribution in [3.8, 4) is 0 Å². The van der Waals surface area contributed by atoms with Gasteiger partial charge in [0.05, 0.1) is 0 Å². The second-order valence-corrected chi connectivity index (χ2v) is 4.72. The molecule has 0 fully saturated rings. The lowest BCUT2D eigenvalue weighted by atomic mass is 10.0. The molecule has 0 aliphatic carbocycles. The van der Waals surface area contributed by atoms with Crippen LogP contribution in [0.1, 0.15) is 46.0 Å². The average Bonchev–Trinajstić information content (AvgIpc) is 2.26. The van der Waals surface area contributed by atoms with Crippen molar-refractivity contribution >= 4 is 0 Å². The van der Waals surface area contributed by atoms with Crippen LogP contribution >= 0.6 is 0 Å². The van der Waals surface area contributed by atoms with E-state index in [-0.39, 0.29) is 0 Å². The van der Waals surface area contributed by atoms with Gasteiger partial charge in [-0.15, -0.1) is 0 Å². The number of aliphatic hydroxyl groups is 1. The first kappa shape index (κ1) is 15.9. The van der Waals surface area contributed by atoms with Gasteiger partial charge in [0.15, 0.2) is 0 Å². The minimum atomic E-state index is 0.329. The minimum Gasteiger partial charge on any atom is -0.396 e. The van der Waals surface area contributed by atoms with Crippen molar-refractivity contribution in [2.45, 2.75) is 52.0 Å². The Morgan fingerprint density at radius 1 is 1.12 bits per heavy atom. The Morgan fingerprint density at radius 2 is 1.81 bits per heavy atom. The Balaban J connectivity index is 3.44. The first-order valence-electron chi connectivity index (χ1n) is 6.55. The molecule has 0 heterocycles. The van der Waals surface area contributed by atoms with E-state index in [4.69, 9.17) is 9.84 Å². The number of unbranched alkanes of at least 4 members (excludes halogenated alkanes) is 3. The van der Waals surface area contributed by atoms with Gasteiger partial charge in [-0.3, -0.25) is 0 Å². The van der Waals surface area contributed by atoms with Crippen molar-refractivity contribution in [3.05, 3.63) is 0 Å². The summed E-state index contributed by atoms with van der Waals surface area (Å²) >= 11 is 0. The van der Waals surface area contributed by atoms with Crippen molar-refractivity contribution in [1.82, 2.24) is 5.32 Å². The molecule has 0 aromatic carbocycles. The molecular weight excluding hydrogens is 202 g/mol. The second kappa shape index (κ2) is 11.4. The lowest BCUT2D eigenvalue weighted by Gasteiger charge is -2.22. The SMILES string of the molecule is COCCC(NCCCCCCO)C(C)C. The Kier molecular flexibility index (Phi) is 11.3. The number of hydrogen-bond acceptors (Lipinski definition) is 3. The lowest BCUT2D eigenvalue weighted by molar-refractivity contribution is 0.173. The van der Waals surface area contributed by atoms with Crippen LogP contribution in [-0.2, 0) is 4.74 Å². The normalized spacial score (nSPS) is 13.3. The van der Waals surface area contributed by atoms with E-state index in [0.29, 0.717) is 18.6 Å². The fourth-order valence-electron chi connectivity index (χ4n) is 1.79. The molecule has 0 saturated heterocycles. The van der Waals surface area contributed by atoms with E-state index in [1.54, 1.807) is 7.11 Å². The van der Waals surface area contributed by atoms with E-state index in [1.165, 1.54) is 12.8 Å². The van der Waals surface area contributed by atoms with Crippen molar-refractivity contribution in [2.24, 2.45) is 5.92 Å². The molecule has 0 amide bonds. The van der Waals surface area contributed by atoms with E-state index < -0.39 is 0 Å². The van der Waals surface area contributed by atoms with Crippen LogP contribution in [0.15, 0.2) is 0 Å². The van der Waals surface area contributed by atoms with Gasteiger partial charge in [0.1, 0.15) is 0 Å². The highest BCUT2D eigenvalue weighted by atomic mass is 16.5. The maximum absolute atomic E-state index is 8.65. The summed E-state index contributed by atoms with van der Waals surface area (Å²) in [5.74, 6) is 0.660. The smallest absolute Gasteiger partial charge is 0.0477 e. The minimum absolute atomic E-state index is 0.329. The summed E-state index contributed by atoms with van der Waals surface area (Å²) in [7, 11) is 1.76. The first-order valence-corrected chi connectivity index (χ1v) is 6.55. The van der Waals surface area contributed by atoms with Crippen molar-refractivity contribution in [1.29, 1.82) is 0 Å². The fraction of sp³-hybridized carbons (Fsp3) is 1.00. The van der Waals surface area contributed by atoms with Crippen molar-refractivity contribution in [3.63, 3.8) is 0 Å². The van der Waals surface area contributed by atoms with Gasteiger partial charge in [-0.05, 0) is 31.7 Å². The summed E-state index contributed by atoms with van der Waals surface area (Å²) in [6.45, 7) is 6.74. The number of nitrogens with one attached hydrogen (secondary N) is 1. The lowest BCUT2D eigenvalue weighted by Crippen LogP contribution is -2.35. The largest absolute Gasteiger partial charge is 0.396 e. The zero-order valence-corrected chi connectivity index (χ0v) is 11.2. The Hall–Kier alpha value is -0.120. The predicted octanol–water partition coefficient (Wildman–Crippen LogP) is 2.19. The number of hydrogen-bond donors (Lipinski definition) is 2. The van der Waals surface area contributed by atoms with Crippen LogP contribution < -0.4 is 5.32 Å². The molecule has 0 bridgehead atoms. The highest BCUT2D eigenvalue weighted by molar-refractivity contribution is 4.70. The van der Waals surface area contributed by atoms with Gasteiger partial charge >= 0.3 is 0 Å². The third kappa shape index (κ3) is 9.13. The van der Waals surface area contributed by atoms with Crippen LogP contribution in [0.4, 0.5) is 0 Å². The first-order chi connectivity index (χ1) is 7.72. The standard InChI is InChI=1S/C13H29NO2/c1-12(2)13(8-11-16-3)14-9-6-4-5-7-10-15/h12-15H,4-11H2,1-3H3. The Labute approximate surface area is 101 Å². The number of aliphatic hydroxyl groups excluding tert-OH is 1. The van der Waals surface area contributed by atoms with Crippen molar-refractivity contribution in [2.75, 3.05) is 26.9 Å². The monoisotopic (exact) mass is 231 g/mol. The average molecular weight is 231 g/mol. The van der Waals surface area contributed by atoms with E-state index in [9.17, 15) is 0 Å². The topological polar surface area (TPSA) is 41.5 Å². The van der Waals surface area contributed by atoms with E-state index in [1.807, 2.05) is 0 Å². The van der Waals surface area contributed by atoms with Crippen LogP contribution in [0.2, 0.25) is 0 Å². The summed E-state index contributed by atoms with van der Waals surface area (Å²) in [4.78, 5) is 0. The molecule has 3 nitrogen and oxygen atoms in total. The molecule has 98 valence electrons. The van der Waals surface area contributed by atoms with E-state index in [2.05, 4.69) is 19.2 Å². The summed E-state index contributed by atoms with van der Waals surface area (Å²) in [5, 5.41) is 12.2. The molecule has 16 heavy (non-hydrogen) atoms. The summed E-state index contributed by atoms with van der Waals surface area (Å²) < 4.78 is 5.11. The quantitative estimate of drug-likeness (QED) is 0.536. The van der Waals surface area contributed by atoms with Crippen LogP contribution in [0.5, 0.6) is 0 Å². The molecule has 2 N–H and O–H groups in total. The molecule has 0 saturated carbocycles. The predicted molar refractivity (Wildman–Crippen MR) is 68.7 cm³/mol. The van der Waals surface area contributed by atoms with Gasteiger partial charge in [0, 0.05) is 26.4 Å². The van der Waals surface area contributed by atoms with Crippen LogP contribution in [0.25, 0.3) is 0 Å². The molecule has 3 heteroatoms. The highest BCUT2D eigenvalue weighted by Crippen LogP contribution is 2.07. The molecule has 1 unspecified atom stereocenters. The number of methoxy groups -OCH3 is 1.